The Morgan fingerprint density at radius 3 is 2.46 bits per heavy atom. The molecule has 0 aromatic heterocycles. The van der Waals surface area contributed by atoms with Gasteiger partial charge in [0.05, 0.1) is 11.8 Å². The molecule has 1 aliphatic rings. The fourth-order valence-electron chi connectivity index (χ4n) is 2.67. The summed E-state index contributed by atoms with van der Waals surface area (Å²) < 4.78 is 16.6. The number of anilines is 1. The summed E-state index contributed by atoms with van der Waals surface area (Å²) in [5.41, 5.74) is 1.09. The first-order valence-electron chi connectivity index (χ1n) is 8.64. The Bertz CT molecular complexity index is 760. The molecule has 0 saturated carbocycles. The highest BCUT2D eigenvalue weighted by Gasteiger charge is 2.23. The topological polar surface area (TPSA) is 77.0 Å². The van der Waals surface area contributed by atoms with Gasteiger partial charge >= 0.3 is 0 Å². The molecule has 0 saturated heterocycles. The fourth-order valence-corrected chi connectivity index (χ4v) is 2.67. The molecule has 6 heteroatoms. The number of rotatable bonds is 6. The second-order valence-electron chi connectivity index (χ2n) is 6.42. The first-order chi connectivity index (χ1) is 12.5. The highest BCUT2D eigenvalue weighted by Crippen LogP contribution is 2.39. The summed E-state index contributed by atoms with van der Waals surface area (Å²) in [4.78, 5) is 12.3. The number of hydrogen-bond acceptors (Lipinski definition) is 5. The van der Waals surface area contributed by atoms with Gasteiger partial charge in [0.25, 0.3) is 5.91 Å². The van der Waals surface area contributed by atoms with E-state index in [2.05, 4.69) is 5.32 Å². The van der Waals surface area contributed by atoms with Crippen LogP contribution in [0.15, 0.2) is 42.5 Å². The average molecular weight is 357 g/mol. The molecule has 1 heterocycles. The highest BCUT2D eigenvalue weighted by molar-refractivity contribution is 5.93. The maximum atomic E-state index is 12.3. The van der Waals surface area contributed by atoms with Crippen molar-refractivity contribution >= 4 is 11.6 Å². The van der Waals surface area contributed by atoms with E-state index in [1.807, 2.05) is 32.0 Å². The molecule has 0 radical (unpaired) electrons. The molecule has 2 aromatic carbocycles. The number of fused-ring (bicyclic) bond motifs is 1. The van der Waals surface area contributed by atoms with Crippen molar-refractivity contribution in [3.63, 3.8) is 0 Å². The van der Waals surface area contributed by atoms with Gasteiger partial charge in [-0.15, -0.1) is 0 Å². The number of aliphatic hydroxyl groups is 1. The minimum absolute atomic E-state index is 0.0196. The molecule has 0 fully saturated rings. The zero-order valence-corrected chi connectivity index (χ0v) is 14.9. The van der Waals surface area contributed by atoms with Crippen molar-refractivity contribution in [3.8, 4) is 17.2 Å². The monoisotopic (exact) mass is 357 g/mol. The fraction of sp³-hybridized carbons (Fsp3) is 0.350. The van der Waals surface area contributed by atoms with Crippen LogP contribution in [0.25, 0.3) is 0 Å². The van der Waals surface area contributed by atoms with Crippen molar-refractivity contribution in [2.75, 3.05) is 25.1 Å². The number of para-hydroxylation sites is 1. The molecule has 1 atom stereocenters. The molecule has 1 amide bonds. The van der Waals surface area contributed by atoms with Gasteiger partial charge in [0, 0.05) is 11.6 Å². The van der Waals surface area contributed by atoms with E-state index < -0.39 is 6.10 Å². The van der Waals surface area contributed by atoms with Crippen molar-refractivity contribution in [2.45, 2.75) is 20.0 Å². The van der Waals surface area contributed by atoms with Crippen LogP contribution >= 0.6 is 0 Å². The molecule has 1 aliphatic heterocycles. The Morgan fingerprint density at radius 2 is 1.81 bits per heavy atom. The van der Waals surface area contributed by atoms with Gasteiger partial charge in [0.2, 0.25) is 0 Å². The van der Waals surface area contributed by atoms with Gasteiger partial charge < -0.3 is 24.6 Å². The van der Waals surface area contributed by atoms with Gasteiger partial charge in [0.1, 0.15) is 19.0 Å². The second kappa shape index (κ2) is 8.10. The Hall–Kier alpha value is -2.73. The third-order valence-corrected chi connectivity index (χ3v) is 4.05. The number of carbonyl (C=O) groups is 1. The molecule has 138 valence electrons. The Balaban J connectivity index is 1.77. The third kappa shape index (κ3) is 4.26. The zero-order chi connectivity index (χ0) is 18.5. The minimum Gasteiger partial charge on any atom is -0.486 e. The first-order valence-corrected chi connectivity index (χ1v) is 8.64. The zero-order valence-electron chi connectivity index (χ0n) is 14.9. The molecule has 2 aromatic rings. The molecule has 0 bridgehead atoms. The quantitative estimate of drug-likeness (QED) is 0.830. The van der Waals surface area contributed by atoms with Crippen LogP contribution in [0.2, 0.25) is 0 Å². The van der Waals surface area contributed by atoms with Crippen LogP contribution in [-0.4, -0.2) is 30.8 Å². The summed E-state index contributed by atoms with van der Waals surface area (Å²) in [5.74, 6) is 1.41. The summed E-state index contributed by atoms with van der Waals surface area (Å²) in [6, 6.07) is 12.5. The van der Waals surface area contributed by atoms with Crippen molar-refractivity contribution in [1.82, 2.24) is 0 Å². The van der Waals surface area contributed by atoms with Crippen LogP contribution < -0.4 is 19.5 Å². The lowest BCUT2D eigenvalue weighted by molar-refractivity contribution is -0.118. The van der Waals surface area contributed by atoms with Crippen LogP contribution in [0.5, 0.6) is 17.2 Å². The molecule has 6 nitrogen and oxygen atoms in total. The average Bonchev–Trinajstić information content (AvgIpc) is 2.66. The van der Waals surface area contributed by atoms with E-state index in [1.165, 1.54) is 0 Å². The minimum atomic E-state index is -0.740. The van der Waals surface area contributed by atoms with Crippen molar-refractivity contribution in [3.05, 3.63) is 48.0 Å². The van der Waals surface area contributed by atoms with Crippen LogP contribution in [0.3, 0.4) is 0 Å². The maximum Gasteiger partial charge on any atom is 0.262 e. The predicted octanol–water partition coefficient (Wildman–Crippen LogP) is 3.16. The summed E-state index contributed by atoms with van der Waals surface area (Å²) in [6.45, 7) is 4.59. The number of ether oxygens (including phenoxy) is 3. The molecule has 1 unspecified atom stereocenters. The van der Waals surface area contributed by atoms with Gasteiger partial charge in [-0.25, -0.2) is 0 Å². The van der Waals surface area contributed by atoms with E-state index in [-0.39, 0.29) is 18.4 Å². The van der Waals surface area contributed by atoms with E-state index in [1.54, 1.807) is 24.3 Å². The Kier molecular flexibility index (Phi) is 5.63. The van der Waals surface area contributed by atoms with Gasteiger partial charge in [-0.2, -0.15) is 0 Å². The number of hydrogen-bond donors (Lipinski definition) is 2. The molecule has 0 aliphatic carbocycles. The molecule has 3 rings (SSSR count). The van der Waals surface area contributed by atoms with Gasteiger partial charge in [-0.1, -0.05) is 32.0 Å². The number of amides is 1. The maximum absolute atomic E-state index is 12.3. The normalized spacial score (nSPS) is 14.0. The van der Waals surface area contributed by atoms with Gasteiger partial charge in [-0.3, -0.25) is 4.79 Å². The Labute approximate surface area is 152 Å². The predicted molar refractivity (Wildman–Crippen MR) is 97.8 cm³/mol. The van der Waals surface area contributed by atoms with E-state index in [0.29, 0.717) is 41.7 Å². The number of aliphatic hydroxyl groups excluding tert-OH is 1. The van der Waals surface area contributed by atoms with E-state index in [0.717, 1.165) is 0 Å². The number of benzene rings is 2. The molecular formula is C20H23NO5. The van der Waals surface area contributed by atoms with Crippen molar-refractivity contribution < 1.29 is 24.1 Å². The van der Waals surface area contributed by atoms with E-state index in [9.17, 15) is 9.90 Å². The van der Waals surface area contributed by atoms with Crippen molar-refractivity contribution in [1.29, 1.82) is 0 Å². The summed E-state index contributed by atoms with van der Waals surface area (Å²) in [7, 11) is 0. The van der Waals surface area contributed by atoms with Gasteiger partial charge in [-0.05, 0) is 24.1 Å². The number of nitrogens with one attached hydrogen (secondary N) is 1. The molecule has 26 heavy (non-hydrogen) atoms. The molecule has 0 spiro atoms. The smallest absolute Gasteiger partial charge is 0.262 e. The summed E-state index contributed by atoms with van der Waals surface area (Å²) >= 11 is 0. The SMILES string of the molecule is CC(C)C(O)c1cc2c(cc1NC(=O)COc1ccccc1)OCCO2. The lowest BCUT2D eigenvalue weighted by Crippen LogP contribution is -2.23. The highest BCUT2D eigenvalue weighted by atomic mass is 16.6. The van der Waals surface area contributed by atoms with E-state index in [4.69, 9.17) is 14.2 Å². The van der Waals surface area contributed by atoms with Crippen LogP contribution in [0, 0.1) is 5.92 Å². The molecular weight excluding hydrogens is 334 g/mol. The lowest BCUT2D eigenvalue weighted by atomic mass is 9.96. The number of carbonyl (C=O) groups excluding carboxylic acids is 1. The largest absolute Gasteiger partial charge is 0.486 e. The lowest BCUT2D eigenvalue weighted by Gasteiger charge is -2.24. The third-order valence-electron chi connectivity index (χ3n) is 4.05. The first kappa shape index (κ1) is 18.1. The van der Waals surface area contributed by atoms with Crippen LogP contribution in [0.1, 0.15) is 25.5 Å². The van der Waals surface area contributed by atoms with Gasteiger partial charge in [0.15, 0.2) is 18.1 Å². The molecule has 2 N–H and O–H groups in total. The Morgan fingerprint density at radius 1 is 1.15 bits per heavy atom. The van der Waals surface area contributed by atoms with Crippen LogP contribution in [-0.2, 0) is 4.79 Å². The standard InChI is InChI=1S/C20H23NO5/c1-13(2)20(23)15-10-17-18(25-9-8-24-17)11-16(15)21-19(22)12-26-14-6-4-3-5-7-14/h3-7,10-11,13,20,23H,8-9,12H2,1-2H3,(H,21,22). The van der Waals surface area contributed by atoms with Crippen molar-refractivity contribution in [2.24, 2.45) is 5.92 Å². The summed E-state index contributed by atoms with van der Waals surface area (Å²) in [6.07, 6.45) is -0.740. The van der Waals surface area contributed by atoms with Crippen LogP contribution in [0.4, 0.5) is 5.69 Å². The van der Waals surface area contributed by atoms with E-state index >= 15 is 0 Å². The second-order valence-corrected chi connectivity index (χ2v) is 6.42. The summed E-state index contributed by atoms with van der Waals surface area (Å²) in [5, 5.41) is 13.3.